The first-order valence-electron chi connectivity index (χ1n) is 7.23. The molecule has 0 fully saturated rings. The van der Waals surface area contributed by atoms with Crippen LogP contribution in [0.4, 0.5) is 0 Å². The third kappa shape index (κ3) is 2.87. The number of Topliss-reactive ketones (excluding diaryl/α,β-unsaturated/α-hetero) is 1. The molecule has 3 heteroatoms. The van der Waals surface area contributed by atoms with Gasteiger partial charge in [0.2, 0.25) is 0 Å². The molecule has 0 spiro atoms. The molecule has 0 radical (unpaired) electrons. The van der Waals surface area contributed by atoms with Crippen LogP contribution >= 0.6 is 0 Å². The van der Waals surface area contributed by atoms with E-state index < -0.39 is 0 Å². The van der Waals surface area contributed by atoms with Crippen LogP contribution in [0.15, 0.2) is 53.3 Å². The van der Waals surface area contributed by atoms with E-state index in [1.165, 1.54) is 6.07 Å². The van der Waals surface area contributed by atoms with Crippen LogP contribution in [-0.2, 0) is 13.0 Å². The minimum absolute atomic E-state index is 0.0406. The average Bonchev–Trinajstić information content (AvgIpc) is 2.51. The van der Waals surface area contributed by atoms with Crippen LogP contribution in [0.25, 0.3) is 6.08 Å². The fourth-order valence-corrected chi connectivity index (χ4v) is 2.75. The van der Waals surface area contributed by atoms with Crippen LogP contribution in [0.5, 0.6) is 0 Å². The quantitative estimate of drug-likeness (QED) is 0.866. The number of carbonyl (C=O) groups excluding carboxylic acids is 1. The smallest absolute Gasteiger partial charge is 0.251 e. The molecule has 0 saturated heterocycles. The zero-order valence-corrected chi connectivity index (χ0v) is 11.8. The van der Waals surface area contributed by atoms with Gasteiger partial charge >= 0.3 is 0 Å². The zero-order chi connectivity index (χ0) is 14.7. The van der Waals surface area contributed by atoms with Gasteiger partial charge in [0.1, 0.15) is 0 Å². The lowest BCUT2D eigenvalue weighted by molar-refractivity contribution is 0.0970. The van der Waals surface area contributed by atoms with Gasteiger partial charge in [0, 0.05) is 30.3 Å². The molecule has 1 heterocycles. The van der Waals surface area contributed by atoms with Crippen LogP contribution in [-0.4, -0.2) is 10.4 Å². The highest BCUT2D eigenvalue weighted by Gasteiger charge is 2.19. The molecule has 106 valence electrons. The predicted octanol–water partition coefficient (Wildman–Crippen LogP) is 3.08. The lowest BCUT2D eigenvalue weighted by atomic mass is 9.94. The van der Waals surface area contributed by atoms with Crippen LogP contribution in [0.2, 0.25) is 0 Å². The summed E-state index contributed by atoms with van der Waals surface area (Å²) in [6, 6.07) is 13.1. The van der Waals surface area contributed by atoms with Crippen LogP contribution in [0.1, 0.15) is 34.5 Å². The molecule has 1 aliphatic carbocycles. The summed E-state index contributed by atoms with van der Waals surface area (Å²) in [6.45, 7) is 0.504. The molecule has 2 aromatic rings. The molecule has 21 heavy (non-hydrogen) atoms. The number of nitrogens with zero attached hydrogens (tertiary/aromatic N) is 1. The van der Waals surface area contributed by atoms with Crippen LogP contribution in [0.3, 0.4) is 0 Å². The lowest BCUT2D eigenvalue weighted by Crippen LogP contribution is -2.27. The third-order valence-electron chi connectivity index (χ3n) is 3.81. The molecule has 0 amide bonds. The summed E-state index contributed by atoms with van der Waals surface area (Å²) in [5.74, 6) is 0.150. The minimum Gasteiger partial charge on any atom is -0.308 e. The molecule has 0 aliphatic heterocycles. The predicted molar refractivity (Wildman–Crippen MR) is 83.4 cm³/mol. The SMILES string of the molecule is O=C1CCCc2c1ccc(=O)n2C/C=C/c1ccccc1. The maximum absolute atomic E-state index is 12.1. The Morgan fingerprint density at radius 1 is 1.00 bits per heavy atom. The highest BCUT2D eigenvalue weighted by Crippen LogP contribution is 2.19. The number of hydrogen-bond acceptors (Lipinski definition) is 2. The van der Waals surface area contributed by atoms with Crippen LogP contribution in [0, 0.1) is 0 Å². The summed E-state index contributed by atoms with van der Waals surface area (Å²) in [5, 5.41) is 0. The van der Waals surface area contributed by atoms with Gasteiger partial charge in [-0.2, -0.15) is 0 Å². The van der Waals surface area contributed by atoms with E-state index in [-0.39, 0.29) is 11.3 Å². The van der Waals surface area contributed by atoms with E-state index in [1.807, 2.05) is 42.5 Å². The second kappa shape index (κ2) is 5.92. The number of hydrogen-bond donors (Lipinski definition) is 0. The first-order chi connectivity index (χ1) is 10.3. The fourth-order valence-electron chi connectivity index (χ4n) is 2.75. The van der Waals surface area contributed by atoms with Gasteiger partial charge in [-0.1, -0.05) is 42.5 Å². The Morgan fingerprint density at radius 2 is 1.81 bits per heavy atom. The van der Waals surface area contributed by atoms with Crippen molar-refractivity contribution in [2.45, 2.75) is 25.8 Å². The summed E-state index contributed by atoms with van der Waals surface area (Å²) in [7, 11) is 0. The second-order valence-corrected chi connectivity index (χ2v) is 5.23. The van der Waals surface area contributed by atoms with Gasteiger partial charge in [-0.05, 0) is 24.5 Å². The van der Waals surface area contributed by atoms with E-state index in [1.54, 1.807) is 10.6 Å². The van der Waals surface area contributed by atoms with Gasteiger partial charge in [-0.3, -0.25) is 9.59 Å². The molecule has 0 atom stereocenters. The van der Waals surface area contributed by atoms with Crippen molar-refractivity contribution in [2.24, 2.45) is 0 Å². The Hall–Kier alpha value is -2.42. The van der Waals surface area contributed by atoms with Gasteiger partial charge < -0.3 is 4.57 Å². The molecule has 0 unspecified atom stereocenters. The van der Waals surface area contributed by atoms with E-state index >= 15 is 0 Å². The molecule has 1 aromatic carbocycles. The van der Waals surface area contributed by atoms with Crippen molar-refractivity contribution in [3.63, 3.8) is 0 Å². The molecule has 3 rings (SSSR count). The van der Waals surface area contributed by atoms with E-state index in [4.69, 9.17) is 0 Å². The summed E-state index contributed by atoms with van der Waals surface area (Å²) < 4.78 is 1.71. The topological polar surface area (TPSA) is 39.1 Å². The molecule has 0 saturated carbocycles. The number of carbonyl (C=O) groups is 1. The summed E-state index contributed by atoms with van der Waals surface area (Å²) in [5.41, 5.74) is 2.66. The average molecular weight is 279 g/mol. The van der Waals surface area contributed by atoms with Crippen molar-refractivity contribution in [1.82, 2.24) is 4.57 Å². The first kappa shape index (κ1) is 13.6. The Balaban J connectivity index is 1.89. The maximum atomic E-state index is 12.1. The van der Waals surface area contributed by atoms with Gasteiger partial charge in [0.05, 0.1) is 0 Å². The summed E-state index contributed by atoms with van der Waals surface area (Å²) in [6.07, 6.45) is 6.19. The number of rotatable bonds is 3. The van der Waals surface area contributed by atoms with Crippen molar-refractivity contribution < 1.29 is 4.79 Å². The monoisotopic (exact) mass is 279 g/mol. The summed E-state index contributed by atoms with van der Waals surface area (Å²) >= 11 is 0. The van der Waals surface area contributed by atoms with Gasteiger partial charge in [0.25, 0.3) is 5.56 Å². The van der Waals surface area contributed by atoms with Gasteiger partial charge in [0.15, 0.2) is 5.78 Å². The number of ketones is 1. The number of allylic oxidation sites excluding steroid dienone is 1. The van der Waals surface area contributed by atoms with Crippen molar-refractivity contribution in [3.05, 3.63) is 75.7 Å². The highest BCUT2D eigenvalue weighted by molar-refractivity contribution is 5.97. The number of benzene rings is 1. The summed E-state index contributed by atoms with van der Waals surface area (Å²) in [4.78, 5) is 24.0. The fraction of sp³-hybridized carbons (Fsp3) is 0.222. The Bertz CT molecular complexity index is 742. The van der Waals surface area contributed by atoms with E-state index in [0.717, 1.165) is 24.1 Å². The first-order valence-corrected chi connectivity index (χ1v) is 7.23. The van der Waals surface area contributed by atoms with E-state index in [0.29, 0.717) is 18.5 Å². The number of fused-ring (bicyclic) bond motifs is 1. The molecule has 1 aromatic heterocycles. The number of aromatic nitrogens is 1. The molecule has 3 nitrogen and oxygen atoms in total. The standard InChI is InChI=1S/C18H17NO2/c20-17-10-4-9-16-15(17)11-12-18(21)19(16)13-5-8-14-6-2-1-3-7-14/h1-3,5-8,11-12H,4,9-10,13H2/b8-5+. The van der Waals surface area contributed by atoms with Gasteiger partial charge in [-0.25, -0.2) is 0 Å². The maximum Gasteiger partial charge on any atom is 0.251 e. The second-order valence-electron chi connectivity index (χ2n) is 5.23. The molecular weight excluding hydrogens is 262 g/mol. The molecule has 0 bridgehead atoms. The number of pyridine rings is 1. The third-order valence-corrected chi connectivity index (χ3v) is 3.81. The van der Waals surface area contributed by atoms with Crippen molar-refractivity contribution >= 4 is 11.9 Å². The van der Waals surface area contributed by atoms with Crippen LogP contribution < -0.4 is 5.56 Å². The Morgan fingerprint density at radius 3 is 2.62 bits per heavy atom. The normalized spacial score (nSPS) is 14.4. The Kier molecular flexibility index (Phi) is 3.82. The van der Waals surface area contributed by atoms with E-state index in [9.17, 15) is 9.59 Å². The molecular formula is C18H17NO2. The Labute approximate surface area is 123 Å². The lowest BCUT2D eigenvalue weighted by Gasteiger charge is -2.19. The van der Waals surface area contributed by atoms with Gasteiger partial charge in [-0.15, -0.1) is 0 Å². The highest BCUT2D eigenvalue weighted by atomic mass is 16.1. The van der Waals surface area contributed by atoms with E-state index in [2.05, 4.69) is 0 Å². The largest absolute Gasteiger partial charge is 0.308 e. The zero-order valence-electron chi connectivity index (χ0n) is 11.8. The van der Waals surface area contributed by atoms with Crippen molar-refractivity contribution in [2.75, 3.05) is 0 Å². The molecule has 1 aliphatic rings. The van der Waals surface area contributed by atoms with Crippen molar-refractivity contribution in [3.8, 4) is 0 Å². The van der Waals surface area contributed by atoms with Crippen molar-refractivity contribution in [1.29, 1.82) is 0 Å². The minimum atomic E-state index is -0.0406. The molecule has 0 N–H and O–H groups in total.